The Morgan fingerprint density at radius 1 is 1.36 bits per heavy atom. The van der Waals surface area contributed by atoms with Gasteiger partial charge in [0, 0.05) is 18.1 Å². The Hall–Kier alpha value is -3.43. The zero-order valence-electron chi connectivity index (χ0n) is 15.1. The van der Waals surface area contributed by atoms with Gasteiger partial charge >= 0.3 is 11.7 Å². The molecule has 4 atom stereocenters. The standard InChI is InChI=1S/C17H18N4O7/c1-8(13-12(9(2)22)16(24)19-13)15(23)14(20-18)17(25)28-7-10-3-5-11(6-4-10)21(26)27/h3-6,8-9,12-13,22H,7H2,1-2H3,(H,19,24)/t8?,9-,12?,13?/m1/s1. The first kappa shape index (κ1) is 20.9. The quantitative estimate of drug-likeness (QED) is 0.0919. The van der Waals surface area contributed by atoms with Crippen LogP contribution in [0.5, 0.6) is 0 Å². The Balaban J connectivity index is 2.00. The number of aliphatic hydroxyl groups excluding tert-OH is 1. The van der Waals surface area contributed by atoms with Gasteiger partial charge in [0.15, 0.2) is 0 Å². The van der Waals surface area contributed by atoms with Crippen molar-refractivity contribution >= 4 is 29.1 Å². The Morgan fingerprint density at radius 2 is 1.96 bits per heavy atom. The molecule has 1 aliphatic rings. The van der Waals surface area contributed by atoms with Crippen molar-refractivity contribution in [3.8, 4) is 0 Å². The van der Waals surface area contributed by atoms with Crippen LogP contribution >= 0.6 is 0 Å². The lowest BCUT2D eigenvalue weighted by atomic mass is 9.76. The van der Waals surface area contributed by atoms with E-state index in [1.807, 2.05) is 0 Å². The summed E-state index contributed by atoms with van der Waals surface area (Å²) in [5.74, 6) is -4.20. The number of rotatable bonds is 8. The molecule has 11 nitrogen and oxygen atoms in total. The van der Waals surface area contributed by atoms with Gasteiger partial charge < -0.3 is 20.7 Å². The molecule has 3 unspecified atom stereocenters. The fourth-order valence-corrected chi connectivity index (χ4v) is 2.87. The number of nitro benzene ring substituents is 1. The predicted octanol–water partition coefficient (Wildman–Crippen LogP) is 0.00940. The van der Waals surface area contributed by atoms with Gasteiger partial charge in [-0.15, -0.1) is 0 Å². The summed E-state index contributed by atoms with van der Waals surface area (Å²) in [6.45, 7) is 2.54. The third-order valence-corrected chi connectivity index (χ3v) is 4.51. The molecule has 0 radical (unpaired) electrons. The van der Waals surface area contributed by atoms with E-state index in [4.69, 9.17) is 10.3 Å². The highest BCUT2D eigenvalue weighted by Gasteiger charge is 2.50. The Labute approximate surface area is 159 Å². The number of esters is 1. The zero-order chi connectivity index (χ0) is 21.0. The van der Waals surface area contributed by atoms with Crippen molar-refractivity contribution in [2.24, 2.45) is 11.8 Å². The van der Waals surface area contributed by atoms with E-state index in [1.54, 1.807) is 0 Å². The summed E-state index contributed by atoms with van der Waals surface area (Å²) in [6, 6.07) is 4.50. The number of Topliss-reactive ketones (excluding diaryl/α,β-unsaturated/α-hetero) is 1. The summed E-state index contributed by atoms with van der Waals surface area (Å²) in [7, 11) is 0. The number of nitrogens with one attached hydrogen (secondary N) is 1. The Kier molecular flexibility index (Phi) is 6.34. The van der Waals surface area contributed by atoms with Crippen molar-refractivity contribution in [2.45, 2.75) is 32.6 Å². The third kappa shape index (κ3) is 4.27. The van der Waals surface area contributed by atoms with E-state index in [0.29, 0.717) is 5.56 Å². The molecule has 1 fully saturated rings. The van der Waals surface area contributed by atoms with Crippen molar-refractivity contribution in [3.05, 3.63) is 45.5 Å². The third-order valence-electron chi connectivity index (χ3n) is 4.51. The first-order valence-corrected chi connectivity index (χ1v) is 8.32. The second-order valence-electron chi connectivity index (χ2n) is 6.40. The van der Waals surface area contributed by atoms with Gasteiger partial charge in [0.1, 0.15) is 6.61 Å². The number of carbonyl (C=O) groups is 3. The number of aliphatic hydroxyl groups is 1. The van der Waals surface area contributed by atoms with Crippen LogP contribution in [0.4, 0.5) is 5.69 Å². The van der Waals surface area contributed by atoms with Crippen LogP contribution < -0.4 is 5.32 Å². The van der Waals surface area contributed by atoms with Crippen molar-refractivity contribution in [1.82, 2.24) is 5.32 Å². The number of amides is 1. The maximum Gasteiger partial charge on any atom is 0.441 e. The fraction of sp³-hybridized carbons (Fsp3) is 0.412. The molecule has 0 aromatic heterocycles. The van der Waals surface area contributed by atoms with Crippen molar-refractivity contribution < 1.29 is 33.9 Å². The largest absolute Gasteiger partial charge is 0.452 e. The summed E-state index contributed by atoms with van der Waals surface area (Å²) in [6.07, 6.45) is -0.988. The van der Waals surface area contributed by atoms with Crippen LogP contribution in [-0.2, 0) is 25.7 Å². The number of non-ortho nitro benzene ring substituents is 1. The van der Waals surface area contributed by atoms with Crippen LogP contribution in [0.1, 0.15) is 19.4 Å². The van der Waals surface area contributed by atoms with E-state index in [1.165, 1.54) is 38.1 Å². The molecule has 28 heavy (non-hydrogen) atoms. The van der Waals surface area contributed by atoms with Crippen LogP contribution in [0.15, 0.2) is 24.3 Å². The van der Waals surface area contributed by atoms with Gasteiger partial charge in [0.2, 0.25) is 5.91 Å². The molecule has 1 aliphatic heterocycles. The molecule has 1 aromatic rings. The van der Waals surface area contributed by atoms with Crippen molar-refractivity contribution in [1.29, 1.82) is 0 Å². The maximum absolute atomic E-state index is 12.5. The zero-order valence-corrected chi connectivity index (χ0v) is 15.1. The molecule has 2 rings (SSSR count). The number of carbonyl (C=O) groups excluding carboxylic acids is 3. The number of ketones is 1. The van der Waals surface area contributed by atoms with Gasteiger partial charge in [-0.2, -0.15) is 4.79 Å². The SMILES string of the molecule is CC(C(=O)C(=[N+]=[N-])C(=O)OCc1ccc([N+](=O)[O-])cc1)C1NC(=O)C1[C@@H](C)O. The summed E-state index contributed by atoms with van der Waals surface area (Å²) >= 11 is 0. The molecule has 2 N–H and O–H groups in total. The predicted molar refractivity (Wildman–Crippen MR) is 92.8 cm³/mol. The number of nitro groups is 1. The molecular weight excluding hydrogens is 372 g/mol. The average Bonchev–Trinajstić information content (AvgIpc) is 2.63. The Bertz CT molecular complexity index is 859. The molecule has 1 amide bonds. The van der Waals surface area contributed by atoms with Gasteiger partial charge in [-0.3, -0.25) is 19.7 Å². The highest BCUT2D eigenvalue weighted by Crippen LogP contribution is 2.26. The van der Waals surface area contributed by atoms with E-state index in [-0.39, 0.29) is 12.3 Å². The van der Waals surface area contributed by atoms with Crippen LogP contribution in [-0.4, -0.2) is 50.3 Å². The van der Waals surface area contributed by atoms with Crippen LogP contribution in [0.25, 0.3) is 5.53 Å². The highest BCUT2D eigenvalue weighted by molar-refractivity contribution is 6.62. The monoisotopic (exact) mass is 390 g/mol. The number of benzene rings is 1. The van der Waals surface area contributed by atoms with Gasteiger partial charge in [0.25, 0.3) is 11.5 Å². The first-order valence-electron chi connectivity index (χ1n) is 8.32. The number of hydrogen-bond acceptors (Lipinski definition) is 7. The molecule has 0 saturated carbocycles. The van der Waals surface area contributed by atoms with Crippen LogP contribution in [0.3, 0.4) is 0 Å². The summed E-state index contributed by atoms with van der Waals surface area (Å²) in [5.41, 5.74) is 8.51. The van der Waals surface area contributed by atoms with Crippen molar-refractivity contribution in [3.63, 3.8) is 0 Å². The number of nitrogens with zero attached hydrogens (tertiary/aromatic N) is 3. The maximum atomic E-state index is 12.5. The number of β-lactam (4-membered cyclic amide) rings is 1. The lowest BCUT2D eigenvalue weighted by molar-refractivity contribution is -0.384. The minimum atomic E-state index is -1.18. The van der Waals surface area contributed by atoms with E-state index in [0.717, 1.165) is 0 Å². The number of hydrogen-bond donors (Lipinski definition) is 2. The molecule has 1 saturated heterocycles. The van der Waals surface area contributed by atoms with E-state index >= 15 is 0 Å². The second kappa shape index (κ2) is 8.51. The first-order chi connectivity index (χ1) is 13.2. The molecule has 0 spiro atoms. The lowest BCUT2D eigenvalue weighted by Crippen LogP contribution is -2.66. The molecule has 1 aromatic carbocycles. The normalized spacial score (nSPS) is 20.0. The van der Waals surface area contributed by atoms with Gasteiger partial charge in [-0.05, 0) is 24.6 Å². The molecule has 11 heteroatoms. The summed E-state index contributed by atoms with van der Waals surface area (Å²) in [5, 5.41) is 22.7. The second-order valence-corrected chi connectivity index (χ2v) is 6.40. The van der Waals surface area contributed by atoms with E-state index in [2.05, 4.69) is 10.1 Å². The number of ether oxygens (including phenoxy) is 1. The minimum Gasteiger partial charge on any atom is -0.452 e. The minimum absolute atomic E-state index is 0.132. The summed E-state index contributed by atoms with van der Waals surface area (Å²) in [4.78, 5) is 48.8. The van der Waals surface area contributed by atoms with Crippen LogP contribution in [0, 0.1) is 22.0 Å². The highest BCUT2D eigenvalue weighted by atomic mass is 16.6. The molecule has 148 valence electrons. The molecule has 1 heterocycles. The lowest BCUT2D eigenvalue weighted by Gasteiger charge is -2.40. The van der Waals surface area contributed by atoms with E-state index < -0.39 is 52.3 Å². The van der Waals surface area contributed by atoms with Gasteiger partial charge in [0.05, 0.1) is 23.0 Å². The Morgan fingerprint density at radius 3 is 2.43 bits per heavy atom. The van der Waals surface area contributed by atoms with Gasteiger partial charge in [-0.25, -0.2) is 4.79 Å². The smallest absolute Gasteiger partial charge is 0.441 e. The molecule has 0 bridgehead atoms. The van der Waals surface area contributed by atoms with Crippen LogP contribution in [0.2, 0.25) is 0 Å². The summed E-state index contributed by atoms with van der Waals surface area (Å²) < 4.78 is 4.92. The van der Waals surface area contributed by atoms with Gasteiger partial charge in [-0.1, -0.05) is 6.92 Å². The average molecular weight is 390 g/mol. The van der Waals surface area contributed by atoms with Crippen molar-refractivity contribution in [2.75, 3.05) is 0 Å². The topological polar surface area (TPSA) is 172 Å². The molecular formula is C17H18N4O7. The fourth-order valence-electron chi connectivity index (χ4n) is 2.87. The molecule has 0 aliphatic carbocycles. The van der Waals surface area contributed by atoms with E-state index in [9.17, 15) is 29.6 Å².